The zero-order valence-electron chi connectivity index (χ0n) is 11.2. The molecule has 0 atom stereocenters. The van der Waals surface area contributed by atoms with Crippen molar-refractivity contribution < 1.29 is 0 Å². The molecular formula is C13H25N3S. The summed E-state index contributed by atoms with van der Waals surface area (Å²) in [6.07, 6.45) is 9.17. The van der Waals surface area contributed by atoms with Crippen molar-refractivity contribution in [2.24, 2.45) is 0 Å². The summed E-state index contributed by atoms with van der Waals surface area (Å²) in [5.41, 5.74) is 0. The monoisotopic (exact) mass is 255 g/mol. The van der Waals surface area contributed by atoms with E-state index in [1.54, 1.807) is 11.3 Å². The Labute approximate surface area is 109 Å². The number of hydrogen-bond acceptors (Lipinski definition) is 4. The maximum absolute atomic E-state index is 4.23. The Morgan fingerprint density at radius 2 is 1.65 bits per heavy atom. The first-order chi connectivity index (χ1) is 8.36. The molecule has 0 spiro atoms. The fourth-order valence-electron chi connectivity index (χ4n) is 1.75. The molecule has 1 heterocycles. The van der Waals surface area contributed by atoms with Crippen molar-refractivity contribution in [3.05, 3.63) is 10.0 Å². The van der Waals surface area contributed by atoms with Crippen LogP contribution < -0.4 is 5.32 Å². The highest BCUT2D eigenvalue weighted by atomic mass is 32.1. The minimum atomic E-state index is 0.866. The highest BCUT2D eigenvalue weighted by Crippen LogP contribution is 2.14. The summed E-state index contributed by atoms with van der Waals surface area (Å²) in [6.45, 7) is 6.22. The van der Waals surface area contributed by atoms with Crippen molar-refractivity contribution >= 4 is 11.3 Å². The van der Waals surface area contributed by atoms with Gasteiger partial charge in [-0.15, -0.1) is 21.5 Å². The Bertz CT molecular complexity index is 286. The van der Waals surface area contributed by atoms with Gasteiger partial charge in [-0.3, -0.25) is 0 Å². The number of nitrogens with zero attached hydrogens (tertiary/aromatic N) is 2. The van der Waals surface area contributed by atoms with Gasteiger partial charge >= 0.3 is 0 Å². The molecular weight excluding hydrogens is 230 g/mol. The van der Waals surface area contributed by atoms with Crippen LogP contribution in [0, 0.1) is 0 Å². The van der Waals surface area contributed by atoms with Crippen LogP contribution in [0.4, 0.5) is 0 Å². The van der Waals surface area contributed by atoms with Crippen molar-refractivity contribution in [1.29, 1.82) is 0 Å². The number of rotatable bonds is 10. The Balaban J connectivity index is 2.08. The molecule has 0 aliphatic carbocycles. The van der Waals surface area contributed by atoms with Crippen molar-refractivity contribution in [3.8, 4) is 0 Å². The summed E-state index contributed by atoms with van der Waals surface area (Å²) < 4.78 is 0. The van der Waals surface area contributed by atoms with Gasteiger partial charge in [0.1, 0.15) is 10.0 Å². The molecule has 0 unspecified atom stereocenters. The van der Waals surface area contributed by atoms with Gasteiger partial charge in [-0.05, 0) is 13.0 Å². The number of aryl methyl sites for hydroxylation is 1. The molecule has 1 aromatic rings. The Morgan fingerprint density at radius 3 is 2.41 bits per heavy atom. The SMILES string of the molecule is CCCCCCCCc1nnc(CNCC)s1. The van der Waals surface area contributed by atoms with Crippen LogP contribution >= 0.6 is 11.3 Å². The third kappa shape index (κ3) is 6.74. The average molecular weight is 255 g/mol. The van der Waals surface area contributed by atoms with Crippen LogP contribution in [0.3, 0.4) is 0 Å². The number of aromatic nitrogens is 2. The second-order valence-electron chi connectivity index (χ2n) is 4.39. The van der Waals surface area contributed by atoms with Crippen LogP contribution in [-0.4, -0.2) is 16.7 Å². The smallest absolute Gasteiger partial charge is 0.131 e. The summed E-state index contributed by atoms with van der Waals surface area (Å²) in [6, 6.07) is 0. The van der Waals surface area contributed by atoms with E-state index in [0.29, 0.717) is 0 Å². The summed E-state index contributed by atoms with van der Waals surface area (Å²) in [5.74, 6) is 0. The van der Waals surface area contributed by atoms with Crippen molar-refractivity contribution in [1.82, 2.24) is 15.5 Å². The molecule has 0 aromatic carbocycles. The van der Waals surface area contributed by atoms with Gasteiger partial charge < -0.3 is 5.32 Å². The van der Waals surface area contributed by atoms with E-state index in [9.17, 15) is 0 Å². The number of nitrogens with one attached hydrogen (secondary N) is 1. The molecule has 1 N–H and O–H groups in total. The molecule has 1 aromatic heterocycles. The van der Waals surface area contributed by atoms with E-state index in [0.717, 1.165) is 24.5 Å². The zero-order chi connectivity index (χ0) is 12.3. The predicted molar refractivity (Wildman–Crippen MR) is 74.4 cm³/mol. The molecule has 3 nitrogen and oxygen atoms in total. The van der Waals surface area contributed by atoms with Gasteiger partial charge in [0.25, 0.3) is 0 Å². The van der Waals surface area contributed by atoms with E-state index in [-0.39, 0.29) is 0 Å². The van der Waals surface area contributed by atoms with Crippen LogP contribution in [0.1, 0.15) is 62.4 Å². The van der Waals surface area contributed by atoms with Crippen LogP contribution in [0.25, 0.3) is 0 Å². The van der Waals surface area contributed by atoms with Gasteiger partial charge in [0, 0.05) is 13.0 Å². The van der Waals surface area contributed by atoms with Gasteiger partial charge in [0.05, 0.1) is 0 Å². The molecule has 0 saturated carbocycles. The van der Waals surface area contributed by atoms with Crippen LogP contribution in [0.15, 0.2) is 0 Å². The van der Waals surface area contributed by atoms with E-state index in [4.69, 9.17) is 0 Å². The molecule has 98 valence electrons. The van der Waals surface area contributed by atoms with Crippen LogP contribution in [0.5, 0.6) is 0 Å². The minimum absolute atomic E-state index is 0.866. The van der Waals surface area contributed by atoms with Gasteiger partial charge in [-0.2, -0.15) is 0 Å². The third-order valence-electron chi connectivity index (χ3n) is 2.78. The Kier molecular flexibility index (Phi) is 8.18. The van der Waals surface area contributed by atoms with Gasteiger partial charge in [-0.25, -0.2) is 0 Å². The van der Waals surface area contributed by atoms with Gasteiger partial charge in [0.2, 0.25) is 0 Å². The third-order valence-corrected chi connectivity index (χ3v) is 3.76. The van der Waals surface area contributed by atoms with E-state index < -0.39 is 0 Å². The molecule has 4 heteroatoms. The fraction of sp³-hybridized carbons (Fsp3) is 0.846. The van der Waals surface area contributed by atoms with Crippen molar-refractivity contribution in [3.63, 3.8) is 0 Å². The first-order valence-corrected chi connectivity index (χ1v) is 7.70. The van der Waals surface area contributed by atoms with Crippen molar-refractivity contribution in [2.45, 2.75) is 65.3 Å². The summed E-state index contributed by atoms with van der Waals surface area (Å²) >= 11 is 1.76. The van der Waals surface area contributed by atoms with Gasteiger partial charge in [-0.1, -0.05) is 46.0 Å². The number of unbranched alkanes of at least 4 members (excludes halogenated alkanes) is 5. The molecule has 1 rings (SSSR count). The quantitative estimate of drug-likeness (QED) is 0.650. The molecule has 0 bridgehead atoms. The van der Waals surface area contributed by atoms with Crippen molar-refractivity contribution in [2.75, 3.05) is 6.54 Å². The largest absolute Gasteiger partial charge is 0.311 e. The lowest BCUT2D eigenvalue weighted by atomic mass is 10.1. The molecule has 17 heavy (non-hydrogen) atoms. The van der Waals surface area contributed by atoms with E-state index in [1.807, 2.05) is 0 Å². The molecule has 0 aliphatic rings. The molecule has 0 aliphatic heterocycles. The standard InChI is InChI=1S/C13H25N3S/c1-3-5-6-7-8-9-10-12-15-16-13(17-12)11-14-4-2/h14H,3-11H2,1-2H3. The maximum Gasteiger partial charge on any atom is 0.131 e. The van der Waals surface area contributed by atoms with Crippen LogP contribution in [-0.2, 0) is 13.0 Å². The Morgan fingerprint density at radius 1 is 0.941 bits per heavy atom. The molecule has 0 amide bonds. The summed E-state index contributed by atoms with van der Waals surface area (Å²) in [7, 11) is 0. The lowest BCUT2D eigenvalue weighted by Gasteiger charge is -1.98. The topological polar surface area (TPSA) is 37.8 Å². The first kappa shape index (κ1) is 14.6. The normalized spacial score (nSPS) is 10.9. The van der Waals surface area contributed by atoms with Gasteiger partial charge in [0.15, 0.2) is 0 Å². The second kappa shape index (κ2) is 9.54. The number of hydrogen-bond donors (Lipinski definition) is 1. The summed E-state index contributed by atoms with van der Waals surface area (Å²) in [4.78, 5) is 0. The van der Waals surface area contributed by atoms with E-state index >= 15 is 0 Å². The lowest BCUT2D eigenvalue weighted by molar-refractivity contribution is 0.606. The van der Waals surface area contributed by atoms with E-state index in [2.05, 4.69) is 29.4 Å². The molecule has 0 fully saturated rings. The predicted octanol–water partition coefficient (Wildman–Crippen LogP) is 3.55. The Hall–Kier alpha value is -0.480. The zero-order valence-corrected chi connectivity index (χ0v) is 12.0. The minimum Gasteiger partial charge on any atom is -0.311 e. The maximum atomic E-state index is 4.23. The lowest BCUT2D eigenvalue weighted by Crippen LogP contribution is -2.11. The highest BCUT2D eigenvalue weighted by molar-refractivity contribution is 7.11. The molecule has 0 radical (unpaired) electrons. The first-order valence-electron chi connectivity index (χ1n) is 6.88. The highest BCUT2D eigenvalue weighted by Gasteiger charge is 2.03. The van der Waals surface area contributed by atoms with Crippen LogP contribution in [0.2, 0.25) is 0 Å². The summed E-state index contributed by atoms with van der Waals surface area (Å²) in [5, 5.41) is 14.0. The second-order valence-corrected chi connectivity index (χ2v) is 5.53. The molecule has 0 saturated heterocycles. The average Bonchev–Trinajstić information content (AvgIpc) is 2.79. The van der Waals surface area contributed by atoms with E-state index in [1.165, 1.54) is 43.5 Å². The fourth-order valence-corrected chi connectivity index (χ4v) is 2.61.